The molecule has 2 aliphatic rings. The molecule has 2 unspecified atom stereocenters. The number of pyridine rings is 2. The third-order valence-corrected chi connectivity index (χ3v) is 8.07. The van der Waals surface area contributed by atoms with Crippen LogP contribution in [0.25, 0.3) is 11.2 Å². The van der Waals surface area contributed by atoms with E-state index in [-0.39, 0.29) is 42.2 Å². The van der Waals surface area contributed by atoms with Gasteiger partial charge >= 0.3 is 11.7 Å². The molecule has 41 heavy (non-hydrogen) atoms. The molecular weight excluding hydrogens is 532 g/mol. The Morgan fingerprint density at radius 3 is 2.51 bits per heavy atom. The van der Waals surface area contributed by atoms with Crippen molar-refractivity contribution in [3.63, 3.8) is 0 Å². The smallest absolute Gasteiger partial charge is 0.326 e. The van der Waals surface area contributed by atoms with E-state index in [0.717, 1.165) is 11.6 Å². The monoisotopic (exact) mass is 561 g/mol. The number of fused-ring (bicyclic) bond motifs is 1. The number of anilines is 1. The molecule has 2 N–H and O–H groups in total. The summed E-state index contributed by atoms with van der Waals surface area (Å²) in [5.41, 5.74) is 1.79. The Labute approximate surface area is 234 Å². The summed E-state index contributed by atoms with van der Waals surface area (Å²) in [6.07, 6.45) is 6.50. The summed E-state index contributed by atoms with van der Waals surface area (Å²) in [6.45, 7) is 0.944. The van der Waals surface area contributed by atoms with Gasteiger partial charge in [-0.3, -0.25) is 19.3 Å². The van der Waals surface area contributed by atoms with Crippen LogP contribution >= 0.6 is 0 Å². The molecule has 5 heterocycles. The highest BCUT2D eigenvalue weighted by molar-refractivity contribution is 5.99. The summed E-state index contributed by atoms with van der Waals surface area (Å²) in [5, 5.41) is 2.89. The molecule has 2 fully saturated rings. The summed E-state index contributed by atoms with van der Waals surface area (Å²) in [6, 6.07) is 9.72. The van der Waals surface area contributed by atoms with Crippen LogP contribution in [0.2, 0.25) is 0 Å². The minimum atomic E-state index is -0.937. The average molecular weight is 562 g/mol. The minimum absolute atomic E-state index is 0.0897. The number of urea groups is 1. The van der Waals surface area contributed by atoms with Gasteiger partial charge in [0.05, 0.1) is 5.52 Å². The van der Waals surface area contributed by atoms with Crippen LogP contribution in [0.1, 0.15) is 43.2 Å². The van der Waals surface area contributed by atoms with Gasteiger partial charge in [-0.1, -0.05) is 12.1 Å². The van der Waals surface area contributed by atoms with Gasteiger partial charge in [-0.2, -0.15) is 0 Å². The third-order valence-electron chi connectivity index (χ3n) is 8.07. The lowest BCUT2D eigenvalue weighted by Gasteiger charge is -2.34. The topological polar surface area (TPSA) is 116 Å². The van der Waals surface area contributed by atoms with Crippen molar-refractivity contribution in [2.24, 2.45) is 0 Å². The van der Waals surface area contributed by atoms with Gasteiger partial charge in [-0.25, -0.2) is 23.4 Å². The van der Waals surface area contributed by atoms with Crippen molar-refractivity contribution in [3.05, 3.63) is 88.7 Å². The van der Waals surface area contributed by atoms with Crippen LogP contribution in [-0.4, -0.2) is 62.0 Å². The van der Waals surface area contributed by atoms with Crippen LogP contribution in [0, 0.1) is 11.6 Å². The number of imidazole rings is 1. The lowest BCUT2D eigenvalue weighted by Crippen LogP contribution is -2.53. The molecule has 10 nitrogen and oxygen atoms in total. The molecule has 1 aromatic carbocycles. The predicted molar refractivity (Wildman–Crippen MR) is 147 cm³/mol. The number of likely N-dealkylation sites (tertiary alicyclic amines) is 1. The number of amides is 3. The van der Waals surface area contributed by atoms with Crippen LogP contribution in [0.4, 0.5) is 19.3 Å². The Morgan fingerprint density at radius 1 is 0.951 bits per heavy atom. The van der Waals surface area contributed by atoms with Crippen molar-refractivity contribution in [2.75, 3.05) is 24.5 Å². The van der Waals surface area contributed by atoms with Gasteiger partial charge in [0.25, 0.3) is 0 Å². The normalized spacial score (nSPS) is 20.3. The number of benzene rings is 1. The highest BCUT2D eigenvalue weighted by Crippen LogP contribution is 2.32. The van der Waals surface area contributed by atoms with Crippen molar-refractivity contribution in [3.8, 4) is 0 Å². The van der Waals surface area contributed by atoms with Crippen LogP contribution in [0.5, 0.6) is 0 Å². The maximum absolute atomic E-state index is 14.7. The quantitative estimate of drug-likeness (QED) is 0.394. The Balaban J connectivity index is 1.17. The second-order valence-corrected chi connectivity index (χ2v) is 10.5. The number of piperidine rings is 1. The number of hydrogen-bond acceptors (Lipinski definition) is 5. The molecule has 3 amide bonds. The first-order chi connectivity index (χ1) is 19.9. The van der Waals surface area contributed by atoms with Gasteiger partial charge < -0.3 is 15.1 Å². The summed E-state index contributed by atoms with van der Waals surface area (Å²) in [4.78, 5) is 53.8. The Kier molecular flexibility index (Phi) is 7.21. The molecule has 0 bridgehead atoms. The zero-order chi connectivity index (χ0) is 28.5. The summed E-state index contributed by atoms with van der Waals surface area (Å²) in [7, 11) is 0. The molecule has 12 heteroatoms. The Morgan fingerprint density at radius 2 is 1.73 bits per heavy atom. The van der Waals surface area contributed by atoms with Crippen molar-refractivity contribution in [2.45, 2.75) is 43.7 Å². The number of H-pyrrole nitrogens is 1. The average Bonchev–Trinajstić information content (AvgIpc) is 3.25. The number of carbonyl (C=O) groups excluding carboxylic acids is 2. The molecule has 6 rings (SSSR count). The number of nitrogens with one attached hydrogen (secondary N) is 2. The van der Waals surface area contributed by atoms with Crippen LogP contribution in [-0.2, 0) is 4.79 Å². The number of aromatic nitrogens is 4. The van der Waals surface area contributed by atoms with Gasteiger partial charge in [0, 0.05) is 55.9 Å². The molecule has 2 saturated heterocycles. The number of hydrogen-bond donors (Lipinski definition) is 2. The lowest BCUT2D eigenvalue weighted by atomic mass is 9.93. The van der Waals surface area contributed by atoms with E-state index in [1.54, 1.807) is 46.3 Å². The van der Waals surface area contributed by atoms with E-state index in [9.17, 15) is 23.2 Å². The standard InChI is InChI=1S/C29H29F2N7O3/c30-22-4-1-3-21(25(22)31)18-6-7-23(27(39)37(17-18)19-8-13-32-14-9-19)34-28(40)36-15-10-20(11-16-36)38-24-5-2-12-33-26(24)35-29(38)41/h1-5,8-9,12-14,18,20,23H,6-7,10-11,15-17H2,(H,34,40)(H,33,35,41). The van der Waals surface area contributed by atoms with Crippen molar-refractivity contribution >= 4 is 28.8 Å². The van der Waals surface area contributed by atoms with Crippen molar-refractivity contribution in [1.82, 2.24) is 29.7 Å². The molecule has 0 spiro atoms. The van der Waals surface area contributed by atoms with E-state index in [2.05, 4.69) is 20.3 Å². The summed E-state index contributed by atoms with van der Waals surface area (Å²) < 4.78 is 30.5. The molecular formula is C29H29F2N7O3. The highest BCUT2D eigenvalue weighted by atomic mass is 19.2. The number of halogens is 2. The number of rotatable bonds is 4. The molecule has 0 saturated carbocycles. The van der Waals surface area contributed by atoms with E-state index in [1.807, 2.05) is 6.07 Å². The highest BCUT2D eigenvalue weighted by Gasteiger charge is 2.36. The third kappa shape index (κ3) is 5.17. The first-order valence-corrected chi connectivity index (χ1v) is 13.7. The molecule has 3 aromatic heterocycles. The minimum Gasteiger partial charge on any atom is -0.326 e. The van der Waals surface area contributed by atoms with E-state index >= 15 is 0 Å². The van der Waals surface area contributed by atoms with Gasteiger partial charge in [0.15, 0.2) is 17.3 Å². The Hall–Kier alpha value is -4.61. The molecule has 4 aromatic rings. The number of nitrogens with zero attached hydrogens (tertiary/aromatic N) is 5. The molecule has 212 valence electrons. The first-order valence-electron chi connectivity index (χ1n) is 13.7. The van der Waals surface area contributed by atoms with Crippen LogP contribution < -0.4 is 15.9 Å². The van der Waals surface area contributed by atoms with Crippen molar-refractivity contribution < 1.29 is 18.4 Å². The fourth-order valence-electron chi connectivity index (χ4n) is 5.95. The zero-order valence-corrected chi connectivity index (χ0v) is 22.2. The predicted octanol–water partition coefficient (Wildman–Crippen LogP) is 3.72. The molecule has 2 atom stereocenters. The van der Waals surface area contributed by atoms with Crippen LogP contribution in [0.15, 0.2) is 65.8 Å². The summed E-state index contributed by atoms with van der Waals surface area (Å²) in [5.74, 6) is -2.65. The van der Waals surface area contributed by atoms with E-state index in [0.29, 0.717) is 43.7 Å². The maximum atomic E-state index is 14.7. The SMILES string of the molecule is O=C(NC1CCC(c2cccc(F)c2F)CN(c2ccncc2)C1=O)N1CCC(n2c(=O)[nH]c3ncccc32)CC1. The van der Waals surface area contributed by atoms with Gasteiger partial charge in [0.2, 0.25) is 5.91 Å². The lowest BCUT2D eigenvalue weighted by molar-refractivity contribution is -0.120. The second kappa shape index (κ2) is 11.1. The second-order valence-electron chi connectivity index (χ2n) is 10.5. The molecule has 2 aliphatic heterocycles. The van der Waals surface area contributed by atoms with Crippen molar-refractivity contribution in [1.29, 1.82) is 0 Å². The fourth-order valence-corrected chi connectivity index (χ4v) is 5.95. The molecule has 0 radical (unpaired) electrons. The van der Waals surface area contributed by atoms with Crippen LogP contribution in [0.3, 0.4) is 0 Å². The fraction of sp³-hybridized carbons (Fsp3) is 0.345. The summed E-state index contributed by atoms with van der Waals surface area (Å²) >= 11 is 0. The Bertz CT molecular complexity index is 1630. The largest absolute Gasteiger partial charge is 0.327 e. The number of aromatic amines is 1. The van der Waals surface area contributed by atoms with E-state index < -0.39 is 23.6 Å². The van der Waals surface area contributed by atoms with Gasteiger partial charge in [-0.05, 0) is 61.6 Å². The van der Waals surface area contributed by atoms with Gasteiger partial charge in [-0.15, -0.1) is 0 Å². The molecule has 0 aliphatic carbocycles. The van der Waals surface area contributed by atoms with E-state index in [4.69, 9.17) is 0 Å². The zero-order valence-electron chi connectivity index (χ0n) is 22.2. The van der Waals surface area contributed by atoms with Gasteiger partial charge in [0.1, 0.15) is 6.04 Å². The first kappa shape index (κ1) is 26.6. The number of carbonyl (C=O) groups is 2. The van der Waals surface area contributed by atoms with E-state index in [1.165, 1.54) is 17.0 Å². The maximum Gasteiger partial charge on any atom is 0.327 e.